The summed E-state index contributed by atoms with van der Waals surface area (Å²) < 4.78 is 18.8. The smallest absolute Gasteiger partial charge is 0.339 e. The normalized spacial score (nSPS) is 10.2. The molecule has 0 fully saturated rings. The number of carbonyl (C=O) groups excluding carboxylic acids is 3. The second-order valence-electron chi connectivity index (χ2n) is 5.76. The minimum atomic E-state index is -0.724. The van der Waals surface area contributed by atoms with Crippen LogP contribution in [-0.4, -0.2) is 31.1 Å². The van der Waals surface area contributed by atoms with Crippen molar-refractivity contribution >= 4 is 29.7 Å². The van der Waals surface area contributed by atoms with Crippen LogP contribution in [0.25, 0.3) is 0 Å². The fourth-order valence-corrected chi connectivity index (χ4v) is 3.21. The van der Waals surface area contributed by atoms with Crippen molar-refractivity contribution in [1.29, 1.82) is 0 Å². The number of thioether (sulfide) groups is 1. The van der Waals surface area contributed by atoms with Crippen LogP contribution in [0, 0.1) is 5.82 Å². The second-order valence-corrected chi connectivity index (χ2v) is 6.77. The fourth-order valence-electron chi connectivity index (χ4n) is 2.19. The van der Waals surface area contributed by atoms with Crippen LogP contribution in [0.2, 0.25) is 0 Å². The van der Waals surface area contributed by atoms with Gasteiger partial charge in [-0.05, 0) is 30.2 Å². The Kier molecular flexibility index (Phi) is 8.48. The van der Waals surface area contributed by atoms with Gasteiger partial charge in [0.05, 0.1) is 5.56 Å². The van der Waals surface area contributed by atoms with Gasteiger partial charge in [0.2, 0.25) is 0 Å². The maximum absolute atomic E-state index is 13.8. The molecule has 148 valence electrons. The molecule has 0 bridgehead atoms. The highest BCUT2D eigenvalue weighted by Gasteiger charge is 2.16. The molecule has 8 heteroatoms. The van der Waals surface area contributed by atoms with E-state index in [0.29, 0.717) is 22.8 Å². The minimum absolute atomic E-state index is 0.270. The topological polar surface area (TPSA) is 84.5 Å². The first-order valence-electron chi connectivity index (χ1n) is 8.71. The Labute approximate surface area is 166 Å². The maximum Gasteiger partial charge on any atom is 0.339 e. The summed E-state index contributed by atoms with van der Waals surface area (Å²) in [6.45, 7) is 1.74. The average Bonchev–Trinajstić information content (AvgIpc) is 2.70. The first-order valence-corrected chi connectivity index (χ1v) is 9.70. The number of rotatable bonds is 8. The average molecular weight is 404 g/mol. The van der Waals surface area contributed by atoms with Crippen LogP contribution >= 0.6 is 11.8 Å². The SMILES string of the molecule is CCCNC(=O)NC(=O)COC(=O)c1ccccc1SCc1ccccc1F. The summed E-state index contributed by atoms with van der Waals surface area (Å²) in [5.74, 6) is -1.39. The molecular formula is C20H21FN2O4S. The van der Waals surface area contributed by atoms with Crippen LogP contribution in [0.3, 0.4) is 0 Å². The molecule has 0 spiro atoms. The number of ether oxygens (including phenoxy) is 1. The van der Waals surface area contributed by atoms with Gasteiger partial charge in [-0.1, -0.05) is 37.3 Å². The lowest BCUT2D eigenvalue weighted by atomic mass is 10.2. The number of benzene rings is 2. The van der Waals surface area contributed by atoms with Crippen LogP contribution in [0.4, 0.5) is 9.18 Å². The van der Waals surface area contributed by atoms with Crippen molar-refractivity contribution in [3.05, 3.63) is 65.5 Å². The van der Waals surface area contributed by atoms with E-state index in [9.17, 15) is 18.8 Å². The molecule has 0 aliphatic carbocycles. The molecule has 3 amide bonds. The van der Waals surface area contributed by atoms with E-state index in [1.807, 2.05) is 6.92 Å². The van der Waals surface area contributed by atoms with Gasteiger partial charge in [-0.25, -0.2) is 14.0 Å². The molecule has 2 aromatic rings. The quantitative estimate of drug-likeness (QED) is 0.520. The zero-order valence-corrected chi connectivity index (χ0v) is 16.2. The monoisotopic (exact) mass is 404 g/mol. The molecule has 28 heavy (non-hydrogen) atoms. The number of amides is 3. The lowest BCUT2D eigenvalue weighted by molar-refractivity contribution is -0.123. The van der Waals surface area contributed by atoms with Crippen LogP contribution in [-0.2, 0) is 15.3 Å². The van der Waals surface area contributed by atoms with Gasteiger partial charge in [0.1, 0.15) is 5.82 Å². The highest BCUT2D eigenvalue weighted by molar-refractivity contribution is 7.98. The van der Waals surface area contributed by atoms with E-state index in [1.165, 1.54) is 17.8 Å². The summed E-state index contributed by atoms with van der Waals surface area (Å²) in [7, 11) is 0. The van der Waals surface area contributed by atoms with Gasteiger partial charge in [0.25, 0.3) is 5.91 Å². The molecule has 2 aromatic carbocycles. The third-order valence-electron chi connectivity index (χ3n) is 3.57. The molecule has 0 atom stereocenters. The molecule has 0 heterocycles. The van der Waals surface area contributed by atoms with Crippen LogP contribution < -0.4 is 10.6 Å². The number of halogens is 1. The summed E-state index contributed by atoms with van der Waals surface area (Å²) in [6, 6.07) is 12.5. The number of imide groups is 1. The number of nitrogens with one attached hydrogen (secondary N) is 2. The van der Waals surface area contributed by atoms with Crippen molar-refractivity contribution in [2.45, 2.75) is 24.0 Å². The highest BCUT2D eigenvalue weighted by atomic mass is 32.2. The van der Waals surface area contributed by atoms with Crippen molar-refractivity contribution in [3.8, 4) is 0 Å². The van der Waals surface area contributed by atoms with Crippen LogP contribution in [0.1, 0.15) is 29.3 Å². The van der Waals surface area contributed by atoms with E-state index >= 15 is 0 Å². The Balaban J connectivity index is 1.92. The predicted molar refractivity (Wildman–Crippen MR) is 105 cm³/mol. The van der Waals surface area contributed by atoms with Crippen molar-refractivity contribution in [2.24, 2.45) is 0 Å². The standard InChI is InChI=1S/C20H21FN2O4S/c1-2-11-22-20(26)23-18(24)12-27-19(25)15-8-4-6-10-17(15)28-13-14-7-3-5-9-16(14)21/h3-10H,2,11-13H2,1H3,(H2,22,23,24,26). The Morgan fingerprint density at radius 2 is 1.79 bits per heavy atom. The number of urea groups is 1. The Hall–Kier alpha value is -2.87. The summed E-state index contributed by atoms with van der Waals surface area (Å²) >= 11 is 1.29. The van der Waals surface area contributed by atoms with Gasteiger partial charge < -0.3 is 10.1 Å². The molecule has 2 N–H and O–H groups in total. The minimum Gasteiger partial charge on any atom is -0.452 e. The van der Waals surface area contributed by atoms with Crippen LogP contribution in [0.15, 0.2) is 53.4 Å². The summed E-state index contributed by atoms with van der Waals surface area (Å²) in [5, 5.41) is 4.56. The molecule has 0 aromatic heterocycles. The lowest BCUT2D eigenvalue weighted by Gasteiger charge is -2.10. The predicted octanol–water partition coefficient (Wildman–Crippen LogP) is 3.51. The zero-order valence-electron chi connectivity index (χ0n) is 15.4. The van der Waals surface area contributed by atoms with Crippen molar-refractivity contribution in [2.75, 3.05) is 13.2 Å². The third kappa shape index (κ3) is 6.70. The molecule has 6 nitrogen and oxygen atoms in total. The molecular weight excluding hydrogens is 383 g/mol. The van der Waals surface area contributed by atoms with E-state index in [0.717, 1.165) is 6.42 Å². The molecule has 0 unspecified atom stereocenters. The largest absolute Gasteiger partial charge is 0.452 e. The molecule has 0 aliphatic heterocycles. The zero-order chi connectivity index (χ0) is 20.4. The number of esters is 1. The number of hydrogen-bond acceptors (Lipinski definition) is 5. The molecule has 0 aliphatic rings. The number of hydrogen-bond donors (Lipinski definition) is 2. The van der Waals surface area contributed by atoms with E-state index < -0.39 is 24.5 Å². The van der Waals surface area contributed by atoms with Gasteiger partial charge in [-0.2, -0.15) is 0 Å². The number of carbonyl (C=O) groups is 3. The molecule has 2 rings (SSSR count). The molecule has 0 saturated heterocycles. The van der Waals surface area contributed by atoms with Crippen molar-refractivity contribution in [3.63, 3.8) is 0 Å². The van der Waals surface area contributed by atoms with Gasteiger partial charge in [0.15, 0.2) is 6.61 Å². The van der Waals surface area contributed by atoms with Gasteiger partial charge >= 0.3 is 12.0 Å². The Morgan fingerprint density at radius 3 is 2.54 bits per heavy atom. The van der Waals surface area contributed by atoms with Gasteiger partial charge in [-0.15, -0.1) is 11.8 Å². The first kappa shape index (κ1) is 21.4. The van der Waals surface area contributed by atoms with Crippen LogP contribution in [0.5, 0.6) is 0 Å². The third-order valence-corrected chi connectivity index (χ3v) is 4.69. The first-order chi connectivity index (χ1) is 13.5. The fraction of sp³-hybridized carbons (Fsp3) is 0.250. The van der Waals surface area contributed by atoms with E-state index in [2.05, 4.69) is 10.6 Å². The maximum atomic E-state index is 13.8. The van der Waals surface area contributed by atoms with E-state index in [4.69, 9.17) is 4.74 Å². The Morgan fingerprint density at radius 1 is 1.07 bits per heavy atom. The van der Waals surface area contributed by atoms with E-state index in [-0.39, 0.29) is 11.4 Å². The second kappa shape index (κ2) is 11.1. The van der Waals surface area contributed by atoms with Crippen molar-refractivity contribution < 1.29 is 23.5 Å². The molecule has 0 radical (unpaired) electrons. The summed E-state index contributed by atoms with van der Waals surface area (Å²) in [5.41, 5.74) is 0.792. The van der Waals surface area contributed by atoms with Gasteiger partial charge in [-0.3, -0.25) is 10.1 Å². The highest BCUT2D eigenvalue weighted by Crippen LogP contribution is 2.27. The van der Waals surface area contributed by atoms with E-state index in [1.54, 1.807) is 42.5 Å². The van der Waals surface area contributed by atoms with Crippen molar-refractivity contribution in [1.82, 2.24) is 10.6 Å². The molecule has 0 saturated carbocycles. The lowest BCUT2D eigenvalue weighted by Crippen LogP contribution is -2.41. The van der Waals surface area contributed by atoms with Gasteiger partial charge in [0, 0.05) is 17.2 Å². The summed E-state index contributed by atoms with van der Waals surface area (Å²) in [6.07, 6.45) is 0.734. The summed E-state index contributed by atoms with van der Waals surface area (Å²) in [4.78, 5) is 36.0. The Bertz CT molecular complexity index is 844.